The van der Waals surface area contributed by atoms with Gasteiger partial charge in [0.15, 0.2) is 5.69 Å². The fourth-order valence-corrected chi connectivity index (χ4v) is 3.33. The summed E-state index contributed by atoms with van der Waals surface area (Å²) in [4.78, 5) is 12.7. The van der Waals surface area contributed by atoms with Crippen molar-refractivity contribution >= 4 is 5.78 Å². The van der Waals surface area contributed by atoms with Crippen LogP contribution in [0.3, 0.4) is 0 Å². The Morgan fingerprint density at radius 3 is 2.79 bits per heavy atom. The van der Waals surface area contributed by atoms with E-state index in [9.17, 15) is 4.79 Å². The number of ketones is 1. The largest absolute Gasteiger partial charge is 0.497 e. The molecule has 1 aliphatic carbocycles. The zero-order valence-corrected chi connectivity index (χ0v) is 14.4. The van der Waals surface area contributed by atoms with E-state index < -0.39 is 0 Å². The molecular formula is C18H23N3O3. The van der Waals surface area contributed by atoms with E-state index in [0.717, 1.165) is 12.8 Å². The third kappa shape index (κ3) is 3.27. The van der Waals surface area contributed by atoms with Gasteiger partial charge in [0.2, 0.25) is 5.78 Å². The first-order chi connectivity index (χ1) is 11.6. The highest BCUT2D eigenvalue weighted by Gasteiger charge is 2.24. The Kier molecular flexibility index (Phi) is 4.83. The van der Waals surface area contributed by atoms with Gasteiger partial charge < -0.3 is 9.47 Å². The third-order valence-corrected chi connectivity index (χ3v) is 4.68. The van der Waals surface area contributed by atoms with Gasteiger partial charge in [0.25, 0.3) is 0 Å². The standard InChI is InChI=1S/C18H23N3O3/c1-12-5-4-6-13(9-12)21-11-16(19-20-21)18(22)15-8-7-14(23-2)10-17(15)24-3/h7-8,10-13H,4-6,9H2,1-3H3. The number of methoxy groups -OCH3 is 2. The molecule has 3 rings (SSSR count). The molecule has 1 aromatic heterocycles. The molecule has 0 aliphatic heterocycles. The third-order valence-electron chi connectivity index (χ3n) is 4.68. The lowest BCUT2D eigenvalue weighted by molar-refractivity contribution is 0.103. The van der Waals surface area contributed by atoms with Crippen LogP contribution >= 0.6 is 0 Å². The zero-order chi connectivity index (χ0) is 17.1. The molecule has 6 heteroatoms. The Morgan fingerprint density at radius 1 is 1.25 bits per heavy atom. The van der Waals surface area contributed by atoms with Crippen LogP contribution in [0.5, 0.6) is 11.5 Å². The predicted octanol–water partition coefficient (Wildman–Crippen LogP) is 3.28. The van der Waals surface area contributed by atoms with Crippen LogP contribution in [0.2, 0.25) is 0 Å². The molecular weight excluding hydrogens is 306 g/mol. The second-order valence-corrected chi connectivity index (χ2v) is 6.40. The van der Waals surface area contributed by atoms with Gasteiger partial charge in [-0.2, -0.15) is 0 Å². The summed E-state index contributed by atoms with van der Waals surface area (Å²) in [6.45, 7) is 2.26. The van der Waals surface area contributed by atoms with E-state index in [0.29, 0.717) is 34.7 Å². The number of nitrogens with zero attached hydrogens (tertiary/aromatic N) is 3. The molecule has 2 aromatic rings. The summed E-state index contributed by atoms with van der Waals surface area (Å²) in [5.41, 5.74) is 0.805. The number of benzene rings is 1. The summed E-state index contributed by atoms with van der Waals surface area (Å²) in [5, 5.41) is 8.28. The van der Waals surface area contributed by atoms with Crippen LogP contribution in [0.4, 0.5) is 0 Å². The quantitative estimate of drug-likeness (QED) is 0.788. The van der Waals surface area contributed by atoms with Gasteiger partial charge in [-0.3, -0.25) is 4.79 Å². The number of hydrogen-bond acceptors (Lipinski definition) is 5. The summed E-state index contributed by atoms with van der Waals surface area (Å²) in [5.74, 6) is 1.61. The number of carbonyl (C=O) groups excluding carboxylic acids is 1. The number of rotatable bonds is 5. The molecule has 1 fully saturated rings. The summed E-state index contributed by atoms with van der Waals surface area (Å²) in [6.07, 6.45) is 6.39. The molecule has 0 radical (unpaired) electrons. The van der Waals surface area contributed by atoms with E-state index in [-0.39, 0.29) is 5.78 Å². The fourth-order valence-electron chi connectivity index (χ4n) is 3.33. The molecule has 2 atom stereocenters. The van der Waals surface area contributed by atoms with Crippen LogP contribution in [-0.4, -0.2) is 35.0 Å². The topological polar surface area (TPSA) is 66.2 Å². The van der Waals surface area contributed by atoms with Gasteiger partial charge in [-0.1, -0.05) is 25.0 Å². The number of carbonyl (C=O) groups is 1. The molecule has 1 saturated carbocycles. The molecule has 1 aliphatic rings. The van der Waals surface area contributed by atoms with E-state index in [1.165, 1.54) is 20.0 Å². The number of ether oxygens (including phenoxy) is 2. The molecule has 1 aromatic carbocycles. The van der Waals surface area contributed by atoms with Crippen LogP contribution in [-0.2, 0) is 0 Å². The average molecular weight is 329 g/mol. The van der Waals surface area contributed by atoms with Crippen molar-refractivity contribution in [1.29, 1.82) is 0 Å². The molecule has 0 bridgehead atoms. The van der Waals surface area contributed by atoms with Crippen molar-refractivity contribution in [2.24, 2.45) is 5.92 Å². The van der Waals surface area contributed by atoms with E-state index in [2.05, 4.69) is 17.2 Å². The van der Waals surface area contributed by atoms with E-state index in [4.69, 9.17) is 9.47 Å². The van der Waals surface area contributed by atoms with Gasteiger partial charge in [0.1, 0.15) is 11.5 Å². The van der Waals surface area contributed by atoms with Crippen molar-refractivity contribution in [2.75, 3.05) is 14.2 Å². The maximum absolute atomic E-state index is 12.7. The van der Waals surface area contributed by atoms with Crippen molar-refractivity contribution in [2.45, 2.75) is 38.6 Å². The van der Waals surface area contributed by atoms with E-state index >= 15 is 0 Å². The Hall–Kier alpha value is -2.37. The summed E-state index contributed by atoms with van der Waals surface area (Å²) < 4.78 is 12.3. The maximum atomic E-state index is 12.7. The van der Waals surface area contributed by atoms with Crippen LogP contribution < -0.4 is 9.47 Å². The highest BCUT2D eigenvalue weighted by atomic mass is 16.5. The smallest absolute Gasteiger partial charge is 0.218 e. The van der Waals surface area contributed by atoms with Gasteiger partial charge >= 0.3 is 0 Å². The Bertz CT molecular complexity index is 726. The molecule has 0 saturated heterocycles. The van der Waals surface area contributed by atoms with Crippen LogP contribution in [0.1, 0.15) is 54.7 Å². The van der Waals surface area contributed by atoms with Gasteiger partial charge in [-0.15, -0.1) is 5.10 Å². The first-order valence-corrected chi connectivity index (χ1v) is 8.31. The Morgan fingerprint density at radius 2 is 2.08 bits per heavy atom. The fraction of sp³-hybridized carbons (Fsp3) is 0.500. The van der Waals surface area contributed by atoms with Crippen molar-refractivity contribution < 1.29 is 14.3 Å². The lowest BCUT2D eigenvalue weighted by atomic mass is 9.87. The predicted molar refractivity (Wildman–Crippen MR) is 89.7 cm³/mol. The molecule has 128 valence electrons. The molecule has 2 unspecified atom stereocenters. The molecule has 0 N–H and O–H groups in total. The monoisotopic (exact) mass is 329 g/mol. The maximum Gasteiger partial charge on any atom is 0.218 e. The van der Waals surface area contributed by atoms with Gasteiger partial charge in [-0.25, -0.2) is 4.68 Å². The Balaban J connectivity index is 1.83. The first kappa shape index (κ1) is 16.5. The average Bonchev–Trinajstić information content (AvgIpc) is 3.10. The van der Waals surface area contributed by atoms with Crippen molar-refractivity contribution in [3.05, 3.63) is 35.7 Å². The highest BCUT2D eigenvalue weighted by Crippen LogP contribution is 2.32. The van der Waals surface area contributed by atoms with E-state index in [1.54, 1.807) is 31.5 Å². The van der Waals surface area contributed by atoms with Crippen molar-refractivity contribution in [3.8, 4) is 11.5 Å². The number of hydrogen-bond donors (Lipinski definition) is 0. The number of aromatic nitrogens is 3. The molecule has 0 amide bonds. The minimum absolute atomic E-state index is 0.190. The minimum Gasteiger partial charge on any atom is -0.497 e. The van der Waals surface area contributed by atoms with Crippen molar-refractivity contribution in [1.82, 2.24) is 15.0 Å². The van der Waals surface area contributed by atoms with Crippen LogP contribution in [0, 0.1) is 5.92 Å². The molecule has 24 heavy (non-hydrogen) atoms. The first-order valence-electron chi connectivity index (χ1n) is 8.31. The van der Waals surface area contributed by atoms with Crippen LogP contribution in [0.25, 0.3) is 0 Å². The van der Waals surface area contributed by atoms with Gasteiger partial charge in [0, 0.05) is 6.07 Å². The van der Waals surface area contributed by atoms with Gasteiger partial charge in [-0.05, 0) is 30.9 Å². The molecule has 6 nitrogen and oxygen atoms in total. The summed E-state index contributed by atoms with van der Waals surface area (Å²) in [7, 11) is 3.11. The molecule has 0 spiro atoms. The SMILES string of the molecule is COc1ccc(C(=O)c2cn(C3CCCC(C)C3)nn2)c(OC)c1. The van der Waals surface area contributed by atoms with Gasteiger partial charge in [0.05, 0.1) is 32.0 Å². The lowest BCUT2D eigenvalue weighted by Crippen LogP contribution is -2.18. The second-order valence-electron chi connectivity index (χ2n) is 6.40. The van der Waals surface area contributed by atoms with Crippen molar-refractivity contribution in [3.63, 3.8) is 0 Å². The highest BCUT2D eigenvalue weighted by molar-refractivity contribution is 6.09. The zero-order valence-electron chi connectivity index (χ0n) is 14.4. The van der Waals surface area contributed by atoms with Crippen LogP contribution in [0.15, 0.2) is 24.4 Å². The summed E-state index contributed by atoms with van der Waals surface area (Å²) in [6, 6.07) is 5.46. The normalized spacial score (nSPS) is 20.6. The minimum atomic E-state index is -0.190. The Labute approximate surface area is 141 Å². The van der Waals surface area contributed by atoms with E-state index in [1.807, 2.05) is 4.68 Å². The lowest BCUT2D eigenvalue weighted by Gasteiger charge is -2.26. The summed E-state index contributed by atoms with van der Waals surface area (Å²) >= 11 is 0. The second kappa shape index (κ2) is 7.03. The molecule has 1 heterocycles.